The summed E-state index contributed by atoms with van der Waals surface area (Å²) < 4.78 is 10.2. The first kappa shape index (κ1) is 16.3. The molecule has 0 aliphatic carbocycles. The summed E-state index contributed by atoms with van der Waals surface area (Å²) in [6.07, 6.45) is 1.70. The summed E-state index contributed by atoms with van der Waals surface area (Å²) in [6.45, 7) is 0.617. The normalized spacial score (nSPS) is 13.5. The molecule has 2 heterocycles. The molecule has 0 saturated carbocycles. The number of rotatable bonds is 3. The maximum absolute atomic E-state index is 13.0. The average Bonchev–Trinajstić information content (AvgIpc) is 3.09. The smallest absolute Gasteiger partial charge is 0.338 e. The van der Waals surface area contributed by atoms with Crippen LogP contribution in [0.3, 0.4) is 0 Å². The van der Waals surface area contributed by atoms with Crippen LogP contribution >= 0.6 is 0 Å². The Hall–Kier alpha value is -3.15. The number of methoxy groups -OCH3 is 1. The number of para-hydroxylation sites is 1. The van der Waals surface area contributed by atoms with Crippen molar-refractivity contribution in [2.75, 3.05) is 18.6 Å². The summed E-state index contributed by atoms with van der Waals surface area (Å²) in [6, 6.07) is 12.9. The topological polar surface area (TPSA) is 72.6 Å². The summed E-state index contributed by atoms with van der Waals surface area (Å²) in [5.41, 5.74) is 3.46. The molecule has 4 rings (SSSR count). The number of benzene rings is 2. The summed E-state index contributed by atoms with van der Waals surface area (Å²) >= 11 is 0. The van der Waals surface area contributed by atoms with Gasteiger partial charge in [0.1, 0.15) is 5.69 Å². The van der Waals surface area contributed by atoms with Crippen LogP contribution in [0.1, 0.15) is 28.0 Å². The van der Waals surface area contributed by atoms with Crippen LogP contribution in [-0.4, -0.2) is 30.7 Å². The number of ether oxygens (including phenoxy) is 1. The quantitative estimate of drug-likeness (QED) is 0.679. The highest BCUT2D eigenvalue weighted by atomic mass is 16.5. The number of amides is 1. The van der Waals surface area contributed by atoms with E-state index in [4.69, 9.17) is 9.26 Å². The minimum Gasteiger partial charge on any atom is -0.465 e. The molecule has 1 aliphatic rings. The van der Waals surface area contributed by atoms with Crippen molar-refractivity contribution < 1.29 is 18.8 Å². The third-order valence-corrected chi connectivity index (χ3v) is 4.73. The van der Waals surface area contributed by atoms with Crippen molar-refractivity contribution >= 4 is 28.5 Å². The predicted molar refractivity (Wildman–Crippen MR) is 96.2 cm³/mol. The lowest BCUT2D eigenvalue weighted by molar-refractivity contribution is -0.118. The molecule has 0 radical (unpaired) electrons. The van der Waals surface area contributed by atoms with E-state index < -0.39 is 0 Å². The van der Waals surface area contributed by atoms with E-state index in [9.17, 15) is 9.59 Å². The van der Waals surface area contributed by atoms with E-state index in [1.165, 1.54) is 7.11 Å². The molecule has 6 heteroatoms. The molecule has 0 N–H and O–H groups in total. The van der Waals surface area contributed by atoms with Crippen molar-refractivity contribution in [3.05, 3.63) is 59.3 Å². The van der Waals surface area contributed by atoms with Gasteiger partial charge >= 0.3 is 5.97 Å². The number of hydrogen-bond donors (Lipinski definition) is 0. The molecule has 132 valence electrons. The van der Waals surface area contributed by atoms with Gasteiger partial charge in [0.2, 0.25) is 5.91 Å². The average molecular weight is 350 g/mol. The number of fused-ring (bicyclic) bond motifs is 2. The Morgan fingerprint density at radius 2 is 2.04 bits per heavy atom. The fourth-order valence-electron chi connectivity index (χ4n) is 3.49. The van der Waals surface area contributed by atoms with E-state index in [1.54, 1.807) is 17.0 Å². The number of anilines is 1. The van der Waals surface area contributed by atoms with E-state index in [0.717, 1.165) is 29.5 Å². The summed E-state index contributed by atoms with van der Waals surface area (Å²) in [5, 5.41) is 4.90. The standard InChI is InChI=1S/C20H18N2O4/c1-25-20(24)14-7-4-9-17-13(14)8-5-11-22(17)19(23)12-16-15-6-2-3-10-18(15)26-21-16/h2-4,6-7,9-10H,5,8,11-12H2,1H3. The Balaban J connectivity index is 1.65. The second-order valence-corrected chi connectivity index (χ2v) is 6.25. The Morgan fingerprint density at radius 1 is 1.19 bits per heavy atom. The van der Waals surface area contributed by atoms with Crippen LogP contribution in [0.2, 0.25) is 0 Å². The molecular weight excluding hydrogens is 332 g/mol. The number of carbonyl (C=O) groups is 2. The molecule has 1 amide bonds. The fourth-order valence-corrected chi connectivity index (χ4v) is 3.49. The monoisotopic (exact) mass is 350 g/mol. The fraction of sp³-hybridized carbons (Fsp3) is 0.250. The van der Waals surface area contributed by atoms with E-state index in [0.29, 0.717) is 23.4 Å². The van der Waals surface area contributed by atoms with Crippen LogP contribution < -0.4 is 4.90 Å². The minimum atomic E-state index is -0.376. The highest BCUT2D eigenvalue weighted by Gasteiger charge is 2.27. The SMILES string of the molecule is COC(=O)c1cccc2c1CCCN2C(=O)Cc1noc2ccccc12. The summed E-state index contributed by atoms with van der Waals surface area (Å²) in [4.78, 5) is 26.7. The van der Waals surface area contributed by atoms with Gasteiger partial charge < -0.3 is 14.2 Å². The zero-order chi connectivity index (χ0) is 18.1. The van der Waals surface area contributed by atoms with Gasteiger partial charge in [-0.2, -0.15) is 0 Å². The third-order valence-electron chi connectivity index (χ3n) is 4.73. The Labute approximate surface area is 150 Å². The van der Waals surface area contributed by atoms with Gasteiger partial charge in [-0.15, -0.1) is 0 Å². The summed E-state index contributed by atoms with van der Waals surface area (Å²) in [7, 11) is 1.36. The third kappa shape index (κ3) is 2.73. The molecule has 0 unspecified atom stereocenters. The molecule has 6 nitrogen and oxygen atoms in total. The van der Waals surface area contributed by atoms with Crippen molar-refractivity contribution in [2.24, 2.45) is 0 Å². The summed E-state index contributed by atoms with van der Waals surface area (Å²) in [5.74, 6) is -0.439. The maximum Gasteiger partial charge on any atom is 0.338 e. The highest BCUT2D eigenvalue weighted by molar-refractivity contribution is 6.00. The molecule has 0 saturated heterocycles. The molecule has 3 aromatic rings. The van der Waals surface area contributed by atoms with Gasteiger partial charge in [-0.25, -0.2) is 4.79 Å². The minimum absolute atomic E-state index is 0.0629. The van der Waals surface area contributed by atoms with Crippen molar-refractivity contribution in [3.8, 4) is 0 Å². The molecule has 26 heavy (non-hydrogen) atoms. The lowest BCUT2D eigenvalue weighted by Crippen LogP contribution is -2.37. The largest absolute Gasteiger partial charge is 0.465 e. The van der Waals surface area contributed by atoms with Crippen molar-refractivity contribution in [1.29, 1.82) is 0 Å². The molecule has 0 bridgehead atoms. The molecule has 0 atom stereocenters. The van der Waals surface area contributed by atoms with Crippen LogP contribution in [-0.2, 0) is 22.4 Å². The van der Waals surface area contributed by atoms with Gasteiger partial charge in [-0.05, 0) is 42.7 Å². The zero-order valence-electron chi connectivity index (χ0n) is 14.4. The Morgan fingerprint density at radius 3 is 2.88 bits per heavy atom. The predicted octanol–water partition coefficient (Wildman–Crippen LogP) is 3.14. The van der Waals surface area contributed by atoms with E-state index in [-0.39, 0.29) is 18.3 Å². The van der Waals surface area contributed by atoms with Crippen LogP contribution in [0.4, 0.5) is 5.69 Å². The van der Waals surface area contributed by atoms with E-state index in [1.807, 2.05) is 30.3 Å². The zero-order valence-corrected chi connectivity index (χ0v) is 14.4. The second kappa shape index (κ2) is 6.63. The molecule has 1 aliphatic heterocycles. The number of esters is 1. The van der Waals surface area contributed by atoms with Crippen molar-refractivity contribution in [1.82, 2.24) is 5.16 Å². The molecule has 1 aromatic heterocycles. The Bertz CT molecular complexity index is 992. The van der Waals surface area contributed by atoms with Crippen LogP contribution in [0, 0.1) is 0 Å². The van der Waals surface area contributed by atoms with Gasteiger partial charge in [0.15, 0.2) is 5.58 Å². The van der Waals surface area contributed by atoms with Gasteiger partial charge in [-0.1, -0.05) is 23.4 Å². The molecule has 0 fully saturated rings. The number of nitrogens with zero attached hydrogens (tertiary/aromatic N) is 2. The van der Waals surface area contributed by atoms with Gasteiger partial charge in [0.05, 0.1) is 19.1 Å². The van der Waals surface area contributed by atoms with Gasteiger partial charge in [0.25, 0.3) is 0 Å². The molecule has 0 spiro atoms. The van der Waals surface area contributed by atoms with E-state index in [2.05, 4.69) is 5.16 Å². The second-order valence-electron chi connectivity index (χ2n) is 6.25. The first-order valence-corrected chi connectivity index (χ1v) is 8.53. The lowest BCUT2D eigenvalue weighted by atomic mass is 9.96. The van der Waals surface area contributed by atoms with Crippen LogP contribution in [0.5, 0.6) is 0 Å². The number of aromatic nitrogens is 1. The first-order chi connectivity index (χ1) is 12.7. The number of carbonyl (C=O) groups excluding carboxylic acids is 2. The van der Waals surface area contributed by atoms with Crippen LogP contribution in [0.25, 0.3) is 11.0 Å². The van der Waals surface area contributed by atoms with Crippen molar-refractivity contribution in [2.45, 2.75) is 19.3 Å². The first-order valence-electron chi connectivity index (χ1n) is 8.53. The number of hydrogen-bond acceptors (Lipinski definition) is 5. The Kier molecular flexibility index (Phi) is 4.16. The molecule has 2 aromatic carbocycles. The lowest BCUT2D eigenvalue weighted by Gasteiger charge is -2.30. The van der Waals surface area contributed by atoms with Gasteiger partial charge in [0, 0.05) is 17.6 Å². The van der Waals surface area contributed by atoms with Gasteiger partial charge in [-0.3, -0.25) is 4.79 Å². The molecular formula is C20H18N2O4. The highest BCUT2D eigenvalue weighted by Crippen LogP contribution is 2.31. The van der Waals surface area contributed by atoms with E-state index >= 15 is 0 Å². The van der Waals surface area contributed by atoms with Crippen molar-refractivity contribution in [3.63, 3.8) is 0 Å². The maximum atomic E-state index is 13.0. The van der Waals surface area contributed by atoms with Crippen LogP contribution in [0.15, 0.2) is 47.0 Å².